The van der Waals surface area contributed by atoms with E-state index in [0.717, 1.165) is 38.6 Å². The second kappa shape index (κ2) is 12.3. The van der Waals surface area contributed by atoms with Gasteiger partial charge < -0.3 is 4.57 Å². The van der Waals surface area contributed by atoms with Crippen molar-refractivity contribution in [2.45, 2.75) is 0 Å². The van der Waals surface area contributed by atoms with Crippen LogP contribution in [0.25, 0.3) is 109 Å². The van der Waals surface area contributed by atoms with Crippen molar-refractivity contribution in [3.05, 3.63) is 206 Å². The van der Waals surface area contributed by atoms with Gasteiger partial charge in [0.05, 0.1) is 17.6 Å². The lowest BCUT2D eigenvalue weighted by atomic mass is 9.86. The van der Waals surface area contributed by atoms with Crippen LogP contribution in [0.2, 0.25) is 0 Å². The fourth-order valence-electron chi connectivity index (χ4n) is 8.83. The van der Waals surface area contributed by atoms with Crippen LogP contribution in [0.4, 0.5) is 5.69 Å². The van der Waals surface area contributed by atoms with Crippen molar-refractivity contribution in [1.29, 1.82) is 0 Å². The molecule has 0 atom stereocenters. The summed E-state index contributed by atoms with van der Waals surface area (Å²) in [5, 5.41) is 12.3. The minimum absolute atomic E-state index is 0.652. The Bertz CT molecular complexity index is 3360. The van der Waals surface area contributed by atoms with Crippen LogP contribution in [-0.4, -0.2) is 4.57 Å². The molecule has 254 valence electrons. The Morgan fingerprint density at radius 2 is 0.927 bits per heavy atom. The third-order valence-corrected chi connectivity index (χ3v) is 11.4. The molecule has 0 bridgehead atoms. The highest BCUT2D eigenvalue weighted by molar-refractivity contribution is 6.24. The molecule has 0 unspecified atom stereocenters. The molecule has 11 aromatic rings. The quantitative estimate of drug-likeness (QED) is 0.128. The van der Waals surface area contributed by atoms with E-state index >= 15 is 0 Å². The van der Waals surface area contributed by atoms with E-state index in [2.05, 4.69) is 185 Å². The van der Waals surface area contributed by atoms with Gasteiger partial charge in [0.1, 0.15) is 0 Å². The lowest BCUT2D eigenvalue weighted by molar-refractivity contribution is 1.18. The predicted octanol–water partition coefficient (Wildman–Crippen LogP) is 14.9. The minimum atomic E-state index is 0.652. The first-order valence-corrected chi connectivity index (χ1v) is 18.7. The maximum Gasteiger partial charge on any atom is 0.188 e. The molecule has 0 amide bonds. The Morgan fingerprint density at radius 1 is 0.327 bits per heavy atom. The summed E-state index contributed by atoms with van der Waals surface area (Å²) in [6.07, 6.45) is 0. The average Bonchev–Trinajstić information content (AvgIpc) is 3.59. The van der Waals surface area contributed by atoms with Crippen LogP contribution in [-0.2, 0) is 0 Å². The molecular formula is C53H32N2. The van der Waals surface area contributed by atoms with Crippen LogP contribution in [0.5, 0.6) is 0 Å². The molecule has 2 nitrogen and oxygen atoms in total. The topological polar surface area (TPSA) is 9.29 Å². The molecule has 0 aliphatic heterocycles. The first-order valence-electron chi connectivity index (χ1n) is 18.7. The number of nitrogens with zero attached hydrogens (tertiary/aromatic N) is 2. The number of para-hydroxylation sites is 1. The van der Waals surface area contributed by atoms with Gasteiger partial charge >= 0.3 is 0 Å². The highest BCUT2D eigenvalue weighted by atomic mass is 15.0. The summed E-state index contributed by atoms with van der Waals surface area (Å²) in [6.45, 7) is 7.63. The van der Waals surface area contributed by atoms with E-state index < -0.39 is 0 Å². The van der Waals surface area contributed by atoms with Crippen molar-refractivity contribution in [1.82, 2.24) is 4.57 Å². The van der Waals surface area contributed by atoms with Crippen molar-refractivity contribution >= 4 is 70.6 Å². The van der Waals surface area contributed by atoms with Gasteiger partial charge in [0, 0.05) is 11.1 Å². The van der Waals surface area contributed by atoms with E-state index in [1.165, 1.54) is 65.3 Å². The number of benzene rings is 10. The maximum absolute atomic E-state index is 7.63. The highest BCUT2D eigenvalue weighted by Gasteiger charge is 2.17. The Hall–Kier alpha value is -7.47. The largest absolute Gasteiger partial charge is 0.309 e. The lowest BCUT2D eigenvalue weighted by Crippen LogP contribution is -1.93. The Balaban J connectivity index is 1.07. The summed E-state index contributed by atoms with van der Waals surface area (Å²) in [7, 11) is 0. The second-order valence-electron chi connectivity index (χ2n) is 14.4. The molecule has 2 heteroatoms. The molecule has 55 heavy (non-hydrogen) atoms. The zero-order valence-corrected chi connectivity index (χ0v) is 29.9. The summed E-state index contributed by atoms with van der Waals surface area (Å²) in [4.78, 5) is 3.73. The monoisotopic (exact) mass is 696 g/mol. The van der Waals surface area contributed by atoms with Gasteiger partial charge in [-0.05, 0) is 124 Å². The van der Waals surface area contributed by atoms with Crippen LogP contribution in [0.3, 0.4) is 0 Å². The lowest BCUT2D eigenvalue weighted by Gasteiger charge is -2.17. The van der Waals surface area contributed by atoms with Crippen LogP contribution in [0.15, 0.2) is 194 Å². The van der Waals surface area contributed by atoms with Crippen LogP contribution >= 0.6 is 0 Å². The van der Waals surface area contributed by atoms with Crippen LogP contribution in [0.1, 0.15) is 0 Å². The van der Waals surface area contributed by atoms with E-state index in [9.17, 15) is 0 Å². The van der Waals surface area contributed by atoms with Crippen molar-refractivity contribution in [3.63, 3.8) is 0 Å². The number of hydrogen-bond acceptors (Lipinski definition) is 0. The minimum Gasteiger partial charge on any atom is -0.309 e. The number of hydrogen-bond donors (Lipinski definition) is 0. The molecule has 11 rings (SSSR count). The molecule has 0 aliphatic carbocycles. The first-order chi connectivity index (χ1) is 27.2. The van der Waals surface area contributed by atoms with Gasteiger partial charge in [-0.2, -0.15) is 0 Å². The summed E-state index contributed by atoms with van der Waals surface area (Å²) in [5.74, 6) is 0. The molecule has 0 N–H and O–H groups in total. The predicted molar refractivity (Wildman–Crippen MR) is 233 cm³/mol. The Labute approximate surface area is 318 Å². The fraction of sp³-hybridized carbons (Fsp3) is 0. The van der Waals surface area contributed by atoms with Gasteiger partial charge in [-0.15, -0.1) is 0 Å². The maximum atomic E-state index is 7.63. The van der Waals surface area contributed by atoms with Gasteiger partial charge in [-0.3, -0.25) is 0 Å². The Kier molecular flexibility index (Phi) is 6.96. The van der Waals surface area contributed by atoms with E-state index in [4.69, 9.17) is 6.57 Å². The summed E-state index contributed by atoms with van der Waals surface area (Å²) in [5.41, 5.74) is 11.2. The fourth-order valence-corrected chi connectivity index (χ4v) is 8.83. The SMILES string of the molecule is [C-]#[N+]c1ccc2c(c1)c1ccc(-c3ccc(-c4cc5c6ccccc6c(-c6cccc7ccccc67)cc5c5ccccc45)cc3)cc1n2-c1ccccc1. The molecule has 1 aromatic heterocycles. The third kappa shape index (κ3) is 4.88. The molecule has 10 aromatic carbocycles. The molecule has 0 fully saturated rings. The molecule has 0 radical (unpaired) electrons. The van der Waals surface area contributed by atoms with E-state index in [1.807, 2.05) is 18.2 Å². The van der Waals surface area contributed by atoms with Gasteiger partial charge in [-0.1, -0.05) is 152 Å². The van der Waals surface area contributed by atoms with Crippen LogP contribution < -0.4 is 0 Å². The molecule has 1 heterocycles. The van der Waals surface area contributed by atoms with Crippen molar-refractivity contribution < 1.29 is 0 Å². The number of aromatic nitrogens is 1. The smallest absolute Gasteiger partial charge is 0.188 e. The van der Waals surface area contributed by atoms with E-state index in [0.29, 0.717) is 5.69 Å². The standard InChI is InChI=1S/C53H32N2/c1-54-38-27-29-52-51(31-38)46-28-26-37(30-53(46)55(52)39-14-3-2-4-15-39)34-22-24-36(25-23-34)47-32-49-45-20-10-9-19-44(45)48(33-50(49)43-18-8-7-17-42(43)47)41-21-11-13-35-12-5-6-16-40(35)41/h2-33H. The van der Waals surface area contributed by atoms with Crippen LogP contribution in [0, 0.1) is 6.57 Å². The molecule has 0 saturated heterocycles. The molecular weight excluding hydrogens is 665 g/mol. The summed E-state index contributed by atoms with van der Waals surface area (Å²) >= 11 is 0. The number of rotatable bonds is 4. The zero-order chi connectivity index (χ0) is 36.5. The van der Waals surface area contributed by atoms with Gasteiger partial charge in [0.15, 0.2) is 5.69 Å². The average molecular weight is 697 g/mol. The summed E-state index contributed by atoms with van der Waals surface area (Å²) in [6, 6.07) is 70.1. The molecule has 0 aliphatic rings. The van der Waals surface area contributed by atoms with Crippen molar-refractivity contribution in [2.24, 2.45) is 0 Å². The van der Waals surface area contributed by atoms with Gasteiger partial charge in [-0.25, -0.2) is 4.85 Å². The van der Waals surface area contributed by atoms with Crippen molar-refractivity contribution in [2.75, 3.05) is 0 Å². The Morgan fingerprint density at radius 3 is 1.67 bits per heavy atom. The highest BCUT2D eigenvalue weighted by Crippen LogP contribution is 2.44. The second-order valence-corrected chi connectivity index (χ2v) is 14.4. The zero-order valence-electron chi connectivity index (χ0n) is 29.9. The van der Waals surface area contributed by atoms with Gasteiger partial charge in [0.25, 0.3) is 0 Å². The molecule has 0 saturated carbocycles. The van der Waals surface area contributed by atoms with E-state index in [-0.39, 0.29) is 0 Å². The first kappa shape index (κ1) is 31.1. The third-order valence-electron chi connectivity index (χ3n) is 11.4. The van der Waals surface area contributed by atoms with Crippen molar-refractivity contribution in [3.8, 4) is 39.1 Å². The number of fused-ring (bicyclic) bond motifs is 9. The normalized spacial score (nSPS) is 11.6. The summed E-state index contributed by atoms with van der Waals surface area (Å²) < 4.78 is 2.31. The van der Waals surface area contributed by atoms with Gasteiger partial charge in [0.2, 0.25) is 0 Å². The molecule has 0 spiro atoms. The van der Waals surface area contributed by atoms with E-state index in [1.54, 1.807) is 0 Å².